The fraction of sp³-hybridized carbons (Fsp3) is 0.304. The highest BCUT2D eigenvalue weighted by Gasteiger charge is 2.30. The molecule has 0 saturated carbocycles. The number of fused-ring (bicyclic) bond motifs is 3. The van der Waals surface area contributed by atoms with Gasteiger partial charge in [0, 0.05) is 49.3 Å². The maximum Gasteiger partial charge on any atom is 0.228 e. The molecule has 0 radical (unpaired) electrons. The van der Waals surface area contributed by atoms with Gasteiger partial charge in [0.15, 0.2) is 5.82 Å². The number of benzene rings is 1. The Labute approximate surface area is 180 Å². The molecule has 1 N–H and O–H groups in total. The Hall–Kier alpha value is -3.52. The molecule has 0 saturated heterocycles. The monoisotopic (exact) mass is 415 g/mol. The van der Waals surface area contributed by atoms with E-state index in [0.717, 1.165) is 40.2 Å². The number of nitrogens with one attached hydrogen (secondary N) is 1. The molecule has 8 nitrogen and oxygen atoms in total. The van der Waals surface area contributed by atoms with Crippen LogP contribution < -0.4 is 5.32 Å². The minimum atomic E-state index is 0.309. The van der Waals surface area contributed by atoms with E-state index >= 15 is 0 Å². The molecule has 0 spiro atoms. The van der Waals surface area contributed by atoms with Crippen LogP contribution in [0.25, 0.3) is 22.5 Å². The summed E-state index contributed by atoms with van der Waals surface area (Å²) in [6, 6.07) is 12.3. The number of hydrogen-bond donors (Lipinski definition) is 1. The van der Waals surface area contributed by atoms with E-state index < -0.39 is 0 Å². The van der Waals surface area contributed by atoms with Crippen molar-refractivity contribution in [3.05, 3.63) is 60.0 Å². The van der Waals surface area contributed by atoms with Crippen LogP contribution in [-0.2, 0) is 24.8 Å². The third-order valence-corrected chi connectivity index (χ3v) is 5.66. The smallest absolute Gasteiger partial charge is 0.228 e. The summed E-state index contributed by atoms with van der Waals surface area (Å²) in [5.41, 5.74) is 6.47. The molecule has 0 amide bonds. The summed E-state index contributed by atoms with van der Waals surface area (Å²) in [5.74, 6) is 1.54. The Morgan fingerprint density at radius 3 is 2.81 bits per heavy atom. The van der Waals surface area contributed by atoms with Gasteiger partial charge in [-0.2, -0.15) is 10.2 Å². The van der Waals surface area contributed by atoms with Crippen LogP contribution in [0, 0.1) is 0 Å². The van der Waals surface area contributed by atoms with Crippen LogP contribution in [0.4, 0.5) is 11.8 Å². The first-order chi connectivity index (χ1) is 15.1. The fourth-order valence-electron chi connectivity index (χ4n) is 4.16. The van der Waals surface area contributed by atoms with Crippen molar-refractivity contribution in [2.75, 3.05) is 19.0 Å². The molecule has 1 aliphatic carbocycles. The first-order valence-corrected chi connectivity index (χ1v) is 10.4. The van der Waals surface area contributed by atoms with Crippen molar-refractivity contribution in [2.24, 2.45) is 7.05 Å². The molecule has 0 aliphatic heterocycles. The summed E-state index contributed by atoms with van der Waals surface area (Å²) in [6.07, 6.45) is 4.72. The molecule has 8 heteroatoms. The number of hydrogen-bond acceptors (Lipinski definition) is 6. The average Bonchev–Trinajstić information content (AvgIpc) is 3.36. The summed E-state index contributed by atoms with van der Waals surface area (Å²) in [6.45, 7) is 3.51. The molecule has 0 unspecified atom stereocenters. The van der Waals surface area contributed by atoms with Gasteiger partial charge in [0.1, 0.15) is 0 Å². The van der Waals surface area contributed by atoms with E-state index in [0.29, 0.717) is 30.8 Å². The molecule has 158 valence electrons. The summed E-state index contributed by atoms with van der Waals surface area (Å²) < 4.78 is 8.91. The first-order valence-electron chi connectivity index (χ1n) is 10.4. The Morgan fingerprint density at radius 2 is 2.00 bits per heavy atom. The summed E-state index contributed by atoms with van der Waals surface area (Å²) >= 11 is 0. The molecule has 1 aromatic carbocycles. The zero-order chi connectivity index (χ0) is 21.4. The van der Waals surface area contributed by atoms with Crippen molar-refractivity contribution in [1.29, 1.82) is 0 Å². The molecule has 3 aromatic heterocycles. The first kappa shape index (κ1) is 19.4. The van der Waals surface area contributed by atoms with Crippen LogP contribution in [-0.4, -0.2) is 43.2 Å². The quantitative estimate of drug-likeness (QED) is 0.516. The SMILES string of the molecule is COCCn1ccc(Nc2ncc3c(n2)-c2c(nn(C)c2-c2ccccc2)C[C@@H]3C)n1. The maximum atomic E-state index is 5.11. The molecular formula is C23H25N7O. The second kappa shape index (κ2) is 7.96. The van der Waals surface area contributed by atoms with Crippen LogP contribution in [0.1, 0.15) is 24.1 Å². The molecule has 3 heterocycles. The van der Waals surface area contributed by atoms with Gasteiger partial charge in [0.05, 0.1) is 30.2 Å². The standard InChI is InChI=1S/C23H25N7O/c1-15-13-18-20(22(29(2)27-18)16-7-5-4-6-8-16)21-17(15)14-24-23(26-21)25-19-9-10-30(28-19)11-12-31-3/h4-10,14-15H,11-13H2,1-3H3,(H,24,25,26,28)/t15-/m0/s1. The van der Waals surface area contributed by atoms with Gasteiger partial charge in [-0.15, -0.1) is 0 Å². The second-order valence-electron chi connectivity index (χ2n) is 7.84. The average molecular weight is 416 g/mol. The fourth-order valence-corrected chi connectivity index (χ4v) is 4.16. The maximum absolute atomic E-state index is 5.11. The number of rotatable bonds is 6. The summed E-state index contributed by atoms with van der Waals surface area (Å²) in [5, 5.41) is 12.6. The highest BCUT2D eigenvalue weighted by atomic mass is 16.5. The Balaban J connectivity index is 1.54. The van der Waals surface area contributed by atoms with Crippen LogP contribution >= 0.6 is 0 Å². The molecule has 5 rings (SSSR count). The van der Waals surface area contributed by atoms with Crippen LogP contribution in [0.5, 0.6) is 0 Å². The lowest BCUT2D eigenvalue weighted by Crippen LogP contribution is -2.12. The predicted octanol–water partition coefficient (Wildman–Crippen LogP) is 3.79. The van der Waals surface area contributed by atoms with Crippen molar-refractivity contribution >= 4 is 11.8 Å². The van der Waals surface area contributed by atoms with E-state index in [2.05, 4.69) is 34.5 Å². The van der Waals surface area contributed by atoms with Crippen molar-refractivity contribution in [3.8, 4) is 22.5 Å². The normalized spacial score (nSPS) is 14.9. The van der Waals surface area contributed by atoms with E-state index in [1.54, 1.807) is 7.11 Å². The number of ether oxygens (including phenoxy) is 1. The summed E-state index contributed by atoms with van der Waals surface area (Å²) in [7, 11) is 3.68. The van der Waals surface area contributed by atoms with E-state index in [1.807, 2.05) is 53.1 Å². The lowest BCUT2D eigenvalue weighted by molar-refractivity contribution is 0.183. The largest absolute Gasteiger partial charge is 0.383 e. The van der Waals surface area contributed by atoms with Crippen molar-refractivity contribution in [3.63, 3.8) is 0 Å². The minimum Gasteiger partial charge on any atom is -0.383 e. The third kappa shape index (κ3) is 3.59. The van der Waals surface area contributed by atoms with Gasteiger partial charge in [0.25, 0.3) is 0 Å². The molecule has 31 heavy (non-hydrogen) atoms. The van der Waals surface area contributed by atoms with Crippen molar-refractivity contribution in [2.45, 2.75) is 25.8 Å². The highest BCUT2D eigenvalue weighted by Crippen LogP contribution is 2.43. The van der Waals surface area contributed by atoms with Gasteiger partial charge in [-0.25, -0.2) is 9.97 Å². The molecule has 0 fully saturated rings. The zero-order valence-electron chi connectivity index (χ0n) is 17.9. The van der Waals surface area contributed by atoms with Crippen molar-refractivity contribution in [1.82, 2.24) is 29.5 Å². The van der Waals surface area contributed by atoms with Gasteiger partial charge >= 0.3 is 0 Å². The topological polar surface area (TPSA) is 82.7 Å². The van der Waals surface area contributed by atoms with Crippen LogP contribution in [0.3, 0.4) is 0 Å². The van der Waals surface area contributed by atoms with Gasteiger partial charge < -0.3 is 10.1 Å². The second-order valence-corrected chi connectivity index (χ2v) is 7.84. The molecule has 0 bridgehead atoms. The number of aryl methyl sites for hydroxylation is 1. The van der Waals surface area contributed by atoms with E-state index in [9.17, 15) is 0 Å². The van der Waals surface area contributed by atoms with E-state index in [1.165, 1.54) is 0 Å². The van der Waals surface area contributed by atoms with Gasteiger partial charge in [-0.05, 0) is 12.3 Å². The van der Waals surface area contributed by atoms with Crippen molar-refractivity contribution < 1.29 is 4.74 Å². The lowest BCUT2D eigenvalue weighted by atomic mass is 9.85. The number of anilines is 2. The number of nitrogens with zero attached hydrogens (tertiary/aromatic N) is 6. The predicted molar refractivity (Wildman–Crippen MR) is 119 cm³/mol. The van der Waals surface area contributed by atoms with E-state index in [4.69, 9.17) is 14.8 Å². The lowest BCUT2D eigenvalue weighted by Gasteiger charge is -2.21. The summed E-state index contributed by atoms with van der Waals surface area (Å²) in [4.78, 5) is 9.49. The van der Waals surface area contributed by atoms with Gasteiger partial charge in [-0.3, -0.25) is 9.36 Å². The van der Waals surface area contributed by atoms with Crippen LogP contribution in [0.2, 0.25) is 0 Å². The Morgan fingerprint density at radius 1 is 1.16 bits per heavy atom. The highest BCUT2D eigenvalue weighted by molar-refractivity contribution is 5.84. The Bertz CT molecular complexity index is 1210. The van der Waals surface area contributed by atoms with E-state index in [-0.39, 0.29) is 0 Å². The number of methoxy groups -OCH3 is 1. The molecular weight excluding hydrogens is 390 g/mol. The molecule has 1 aliphatic rings. The zero-order valence-corrected chi connectivity index (χ0v) is 17.9. The Kier molecular flexibility index (Phi) is 4.99. The number of aromatic nitrogens is 6. The molecule has 1 atom stereocenters. The minimum absolute atomic E-state index is 0.309. The third-order valence-electron chi connectivity index (χ3n) is 5.66. The van der Waals surface area contributed by atoms with Gasteiger partial charge in [-0.1, -0.05) is 37.3 Å². The van der Waals surface area contributed by atoms with Crippen LogP contribution in [0.15, 0.2) is 48.8 Å². The molecule has 4 aromatic rings. The van der Waals surface area contributed by atoms with Gasteiger partial charge in [0.2, 0.25) is 5.95 Å².